The first-order chi connectivity index (χ1) is 22.8. The molecule has 0 radical (unpaired) electrons. The predicted molar refractivity (Wildman–Crippen MR) is 178 cm³/mol. The maximum atomic E-state index is 12.3. The molecule has 1 amide bonds. The van der Waals surface area contributed by atoms with Gasteiger partial charge in [-0.3, -0.25) is 9.59 Å². The van der Waals surface area contributed by atoms with E-state index in [-0.39, 0.29) is 30.6 Å². The van der Waals surface area contributed by atoms with Gasteiger partial charge in [-0.1, -0.05) is 85.8 Å². The Morgan fingerprint density at radius 2 is 1.66 bits per heavy atom. The highest BCUT2D eigenvalue weighted by atomic mass is 16.7. The van der Waals surface area contributed by atoms with E-state index in [0.29, 0.717) is 13.1 Å². The zero-order valence-electron chi connectivity index (χ0n) is 26.7. The Hall–Kier alpha value is -4.83. The highest BCUT2D eigenvalue weighted by Gasteiger charge is 2.38. The Bertz CT molecular complexity index is 1830. The Labute approximate surface area is 274 Å². The molecule has 0 unspecified atom stereocenters. The molecule has 5 atom stereocenters. The molecule has 6 rings (SSSR count). The van der Waals surface area contributed by atoms with E-state index >= 15 is 0 Å². The first-order valence-corrected chi connectivity index (χ1v) is 15.8. The zero-order valence-corrected chi connectivity index (χ0v) is 26.7. The number of carbonyl (C=O) groups excluding carboxylic acids is 2. The molecule has 1 saturated heterocycles. The number of rotatable bonds is 10. The maximum absolute atomic E-state index is 12.3. The molecule has 47 heavy (non-hydrogen) atoms. The van der Waals surface area contributed by atoms with Gasteiger partial charge in [-0.2, -0.15) is 0 Å². The van der Waals surface area contributed by atoms with Crippen LogP contribution in [0, 0.1) is 5.92 Å². The lowest BCUT2D eigenvalue weighted by Crippen LogP contribution is -2.39. The van der Waals surface area contributed by atoms with Gasteiger partial charge >= 0.3 is 5.97 Å². The second-order valence-electron chi connectivity index (χ2n) is 12.0. The lowest BCUT2D eigenvalue weighted by Gasteiger charge is -2.41. The van der Waals surface area contributed by atoms with Crippen molar-refractivity contribution in [2.45, 2.75) is 65.1 Å². The smallest absolute Gasteiger partial charge is 0.303 e. The fraction of sp³-hybridized carbons (Fsp3) is 0.289. The number of fused-ring (bicyclic) bond motifs is 1. The van der Waals surface area contributed by atoms with Crippen molar-refractivity contribution >= 4 is 22.9 Å². The fourth-order valence-electron chi connectivity index (χ4n) is 6.01. The second-order valence-corrected chi connectivity index (χ2v) is 12.0. The van der Waals surface area contributed by atoms with Crippen LogP contribution in [0.25, 0.3) is 22.2 Å². The number of hydrogen-bond donors (Lipinski definition) is 2. The van der Waals surface area contributed by atoms with Crippen molar-refractivity contribution in [1.29, 1.82) is 0 Å². The number of para-hydroxylation sites is 2. The third-order valence-corrected chi connectivity index (χ3v) is 8.65. The topological polar surface area (TPSA) is 112 Å². The molecule has 0 bridgehead atoms. The van der Waals surface area contributed by atoms with Crippen molar-refractivity contribution in [3.8, 4) is 11.1 Å². The highest BCUT2D eigenvalue weighted by Crippen LogP contribution is 2.42. The van der Waals surface area contributed by atoms with Crippen molar-refractivity contribution in [2.24, 2.45) is 5.92 Å². The highest BCUT2D eigenvalue weighted by molar-refractivity contribution is 5.83. The molecule has 9 nitrogen and oxygen atoms in total. The first kappa shape index (κ1) is 32.1. The Morgan fingerprint density at radius 3 is 2.40 bits per heavy atom. The molecular formula is C38H39N3O6. The molecule has 5 aromatic rings. The number of hydrogen-bond acceptors (Lipinski definition) is 7. The first-order valence-electron chi connectivity index (χ1n) is 15.8. The molecular weight excluding hydrogens is 594 g/mol. The molecule has 1 aliphatic heterocycles. The average molecular weight is 634 g/mol. The second kappa shape index (κ2) is 14.3. The van der Waals surface area contributed by atoms with E-state index < -0.39 is 18.4 Å². The number of benzene rings is 4. The average Bonchev–Trinajstić information content (AvgIpc) is 3.50. The number of nitrogens with one attached hydrogen (secondary N) is 1. The van der Waals surface area contributed by atoms with Crippen molar-refractivity contribution in [3.05, 3.63) is 126 Å². The van der Waals surface area contributed by atoms with Crippen LogP contribution >= 0.6 is 0 Å². The fourth-order valence-corrected chi connectivity index (χ4v) is 6.01. The molecule has 0 saturated carbocycles. The predicted octanol–water partition coefficient (Wildman–Crippen LogP) is 6.26. The summed E-state index contributed by atoms with van der Waals surface area (Å²) in [5, 5.41) is 12.4. The SMILES string of the molecule is CC(=O)O[C@@H](C)C(=O)NCc1cccc(-c2ccc([C@@H]3O[C@H](Cn4cnc5ccccc54)[C@H](C)[C@H](c4ccc(CO)cc4)O3)cc2)c1. The number of amides is 1. The number of imidazole rings is 1. The third-order valence-electron chi connectivity index (χ3n) is 8.65. The van der Waals surface area contributed by atoms with Gasteiger partial charge in [-0.15, -0.1) is 0 Å². The molecule has 4 aromatic carbocycles. The summed E-state index contributed by atoms with van der Waals surface area (Å²) in [6.45, 7) is 5.90. The van der Waals surface area contributed by atoms with Gasteiger partial charge in [0.15, 0.2) is 12.4 Å². The van der Waals surface area contributed by atoms with Gasteiger partial charge in [0.1, 0.15) is 0 Å². The van der Waals surface area contributed by atoms with Gasteiger partial charge in [0.25, 0.3) is 5.91 Å². The molecule has 242 valence electrons. The van der Waals surface area contributed by atoms with Gasteiger partial charge in [-0.05, 0) is 52.9 Å². The van der Waals surface area contributed by atoms with Crippen molar-refractivity contribution in [1.82, 2.24) is 14.9 Å². The van der Waals surface area contributed by atoms with Crippen LogP contribution in [0.2, 0.25) is 0 Å². The Balaban J connectivity index is 1.21. The molecule has 1 aromatic heterocycles. The normalized spacial score (nSPS) is 20.1. The maximum Gasteiger partial charge on any atom is 0.303 e. The van der Waals surface area contributed by atoms with E-state index in [1.54, 1.807) is 6.92 Å². The summed E-state index contributed by atoms with van der Waals surface area (Å²) in [7, 11) is 0. The molecule has 9 heteroatoms. The van der Waals surface area contributed by atoms with Crippen LogP contribution in [-0.2, 0) is 43.5 Å². The number of aliphatic hydroxyl groups excluding tert-OH is 1. The molecule has 2 heterocycles. The van der Waals surface area contributed by atoms with E-state index in [4.69, 9.17) is 14.2 Å². The molecule has 2 N–H and O–H groups in total. The number of nitrogens with zero attached hydrogens (tertiary/aromatic N) is 2. The third kappa shape index (κ3) is 7.44. The van der Waals surface area contributed by atoms with E-state index in [9.17, 15) is 14.7 Å². The van der Waals surface area contributed by atoms with Crippen LogP contribution in [0.4, 0.5) is 0 Å². The largest absolute Gasteiger partial charge is 0.453 e. The summed E-state index contributed by atoms with van der Waals surface area (Å²) in [5.74, 6) is -0.808. The summed E-state index contributed by atoms with van der Waals surface area (Å²) < 4.78 is 20.5. The summed E-state index contributed by atoms with van der Waals surface area (Å²) in [5.41, 5.74) is 7.72. The van der Waals surface area contributed by atoms with E-state index in [1.807, 2.05) is 97.3 Å². The quantitative estimate of drug-likeness (QED) is 0.175. The molecule has 1 aliphatic rings. The lowest BCUT2D eigenvalue weighted by molar-refractivity contribution is -0.276. The Kier molecular flexibility index (Phi) is 9.77. The number of esters is 1. The summed E-state index contributed by atoms with van der Waals surface area (Å²) in [6, 6.07) is 32.1. The zero-order chi connectivity index (χ0) is 32.9. The van der Waals surface area contributed by atoms with Gasteiger partial charge in [0.2, 0.25) is 0 Å². The van der Waals surface area contributed by atoms with Crippen LogP contribution in [0.5, 0.6) is 0 Å². The standard InChI is InChI=1S/C38H39N3O6/c1-24-35(21-41-23-40-33-9-4-5-10-34(33)41)46-38(47-36(24)30-13-11-27(22-42)12-14-30)31-17-15-29(16-18-31)32-8-6-7-28(19-32)20-39-37(44)25(2)45-26(3)43/h4-19,23-25,35-36,38,42H,20-22H2,1-3H3,(H,39,44)/t24-,25-,35+,36+,38+/m0/s1. The Morgan fingerprint density at radius 1 is 0.915 bits per heavy atom. The number of aliphatic hydroxyl groups is 1. The van der Waals surface area contributed by atoms with E-state index in [1.165, 1.54) is 6.92 Å². The lowest BCUT2D eigenvalue weighted by atomic mass is 9.90. The van der Waals surface area contributed by atoms with Gasteiger partial charge in [-0.25, -0.2) is 4.98 Å². The number of carbonyl (C=O) groups is 2. The minimum Gasteiger partial charge on any atom is -0.453 e. The van der Waals surface area contributed by atoms with E-state index in [0.717, 1.165) is 44.4 Å². The van der Waals surface area contributed by atoms with Crippen molar-refractivity contribution < 1.29 is 28.9 Å². The van der Waals surface area contributed by atoms with Crippen LogP contribution in [0.15, 0.2) is 103 Å². The van der Waals surface area contributed by atoms with Crippen LogP contribution in [-0.4, -0.2) is 38.7 Å². The van der Waals surface area contributed by atoms with Crippen molar-refractivity contribution in [2.75, 3.05) is 0 Å². The minimum atomic E-state index is -0.853. The molecule has 1 fully saturated rings. The van der Waals surface area contributed by atoms with Gasteiger partial charge in [0, 0.05) is 24.9 Å². The minimum absolute atomic E-state index is 0.0113. The summed E-state index contributed by atoms with van der Waals surface area (Å²) in [6.07, 6.45) is 0.0306. The number of aromatic nitrogens is 2. The van der Waals surface area contributed by atoms with Crippen LogP contribution in [0.1, 0.15) is 55.4 Å². The van der Waals surface area contributed by atoms with Crippen molar-refractivity contribution in [3.63, 3.8) is 0 Å². The number of ether oxygens (including phenoxy) is 3. The van der Waals surface area contributed by atoms with Gasteiger partial charge in [0.05, 0.1) is 42.7 Å². The molecule has 0 aliphatic carbocycles. The summed E-state index contributed by atoms with van der Waals surface area (Å²) in [4.78, 5) is 28.1. The van der Waals surface area contributed by atoms with Crippen LogP contribution in [0.3, 0.4) is 0 Å². The van der Waals surface area contributed by atoms with Gasteiger partial charge < -0.3 is 29.2 Å². The monoisotopic (exact) mass is 633 g/mol. The molecule has 0 spiro atoms. The van der Waals surface area contributed by atoms with E-state index in [2.05, 4.69) is 27.9 Å². The van der Waals surface area contributed by atoms with Crippen LogP contribution < -0.4 is 5.32 Å². The summed E-state index contributed by atoms with van der Waals surface area (Å²) >= 11 is 0.